The fourth-order valence-corrected chi connectivity index (χ4v) is 2.37. The van der Waals surface area contributed by atoms with E-state index in [0.29, 0.717) is 4.75 Å². The molecule has 3 nitrogen and oxygen atoms in total. The minimum atomic E-state index is 0.199. The highest BCUT2D eigenvalue weighted by Crippen LogP contribution is 2.22. The molecular weight excluding hydrogens is 208 g/mol. The lowest BCUT2D eigenvalue weighted by atomic mass is 10.1. The van der Waals surface area contributed by atoms with Gasteiger partial charge in [-0.25, -0.2) is 0 Å². The number of thioether (sulfide) groups is 1. The maximum atomic E-state index is 11.6. The van der Waals surface area contributed by atoms with Gasteiger partial charge >= 0.3 is 0 Å². The normalized spacial score (nSPS) is 21.7. The Hall–Kier alpha value is -0.220. The molecule has 15 heavy (non-hydrogen) atoms. The van der Waals surface area contributed by atoms with Gasteiger partial charge in [0.15, 0.2) is 0 Å². The van der Waals surface area contributed by atoms with E-state index in [-0.39, 0.29) is 11.8 Å². The van der Waals surface area contributed by atoms with Gasteiger partial charge in [-0.1, -0.05) is 20.8 Å². The molecule has 1 saturated heterocycles. The topological polar surface area (TPSA) is 41.1 Å². The first-order chi connectivity index (χ1) is 6.99. The van der Waals surface area contributed by atoms with Gasteiger partial charge in [0.25, 0.3) is 0 Å². The van der Waals surface area contributed by atoms with Crippen LogP contribution in [-0.4, -0.2) is 36.0 Å². The van der Waals surface area contributed by atoms with Crippen molar-refractivity contribution in [1.82, 2.24) is 10.6 Å². The van der Waals surface area contributed by atoms with Crippen LogP contribution >= 0.6 is 11.8 Å². The average Bonchev–Trinajstić information content (AvgIpc) is 2.63. The van der Waals surface area contributed by atoms with Gasteiger partial charge < -0.3 is 10.6 Å². The van der Waals surface area contributed by atoms with Crippen LogP contribution in [0.25, 0.3) is 0 Å². The van der Waals surface area contributed by atoms with Gasteiger partial charge in [0, 0.05) is 23.6 Å². The van der Waals surface area contributed by atoms with Crippen molar-refractivity contribution in [3.63, 3.8) is 0 Å². The van der Waals surface area contributed by atoms with Crippen LogP contribution in [0, 0.1) is 5.92 Å². The van der Waals surface area contributed by atoms with Crippen molar-refractivity contribution in [2.75, 3.05) is 25.4 Å². The molecule has 0 unspecified atom stereocenters. The van der Waals surface area contributed by atoms with Gasteiger partial charge in [0.1, 0.15) is 0 Å². The number of hydrogen-bond donors (Lipinski definition) is 2. The van der Waals surface area contributed by atoms with Crippen molar-refractivity contribution in [3.8, 4) is 0 Å². The molecule has 88 valence electrons. The smallest absolute Gasteiger partial charge is 0.224 e. The molecule has 1 atom stereocenters. The summed E-state index contributed by atoms with van der Waals surface area (Å²) in [5.41, 5.74) is 0. The van der Waals surface area contributed by atoms with E-state index < -0.39 is 0 Å². The van der Waals surface area contributed by atoms with E-state index in [2.05, 4.69) is 31.4 Å². The molecule has 4 heteroatoms. The molecule has 1 rings (SSSR count). The van der Waals surface area contributed by atoms with Crippen LogP contribution in [-0.2, 0) is 4.79 Å². The van der Waals surface area contributed by atoms with E-state index in [1.54, 1.807) is 0 Å². The maximum absolute atomic E-state index is 11.6. The fourth-order valence-electron chi connectivity index (χ4n) is 1.55. The molecule has 1 heterocycles. The summed E-state index contributed by atoms with van der Waals surface area (Å²) in [7, 11) is 0. The third kappa shape index (κ3) is 5.42. The molecule has 1 fully saturated rings. The lowest BCUT2D eigenvalue weighted by molar-refractivity contribution is -0.124. The Labute approximate surface area is 96.8 Å². The second kappa shape index (κ2) is 5.75. The van der Waals surface area contributed by atoms with Gasteiger partial charge in [0.05, 0.1) is 5.92 Å². The fraction of sp³-hybridized carbons (Fsp3) is 0.909. The highest BCUT2D eigenvalue weighted by Gasteiger charge is 2.21. The van der Waals surface area contributed by atoms with Crippen molar-refractivity contribution < 1.29 is 4.79 Å². The van der Waals surface area contributed by atoms with Gasteiger partial charge in [-0.3, -0.25) is 4.79 Å². The largest absolute Gasteiger partial charge is 0.355 e. The van der Waals surface area contributed by atoms with E-state index in [0.717, 1.165) is 31.8 Å². The van der Waals surface area contributed by atoms with Crippen molar-refractivity contribution >= 4 is 17.7 Å². The minimum absolute atomic E-state index is 0.199. The molecule has 0 aliphatic carbocycles. The first-order valence-corrected chi connectivity index (χ1v) is 6.60. The van der Waals surface area contributed by atoms with E-state index in [4.69, 9.17) is 0 Å². The predicted molar refractivity (Wildman–Crippen MR) is 66.2 cm³/mol. The number of amides is 1. The van der Waals surface area contributed by atoms with Crippen molar-refractivity contribution in [3.05, 3.63) is 0 Å². The lowest BCUT2D eigenvalue weighted by Gasteiger charge is -2.18. The number of rotatable bonds is 4. The molecule has 0 aromatic heterocycles. The molecule has 0 bridgehead atoms. The van der Waals surface area contributed by atoms with Crippen LogP contribution in [0.5, 0.6) is 0 Å². The molecule has 0 saturated carbocycles. The second-order valence-electron chi connectivity index (χ2n) is 4.94. The van der Waals surface area contributed by atoms with Crippen LogP contribution in [0.1, 0.15) is 27.2 Å². The van der Waals surface area contributed by atoms with Crippen molar-refractivity contribution in [2.24, 2.45) is 5.92 Å². The second-order valence-corrected chi connectivity index (χ2v) is 6.86. The van der Waals surface area contributed by atoms with Crippen molar-refractivity contribution in [2.45, 2.75) is 31.9 Å². The third-order valence-corrected chi connectivity index (χ3v) is 3.64. The standard InChI is InChI=1S/C11H22N2OS/c1-11(2,3)15-7-6-13-10(14)9-4-5-12-8-9/h9,12H,4-8H2,1-3H3,(H,13,14)/t9-/m1/s1. The van der Waals surface area contributed by atoms with E-state index in [9.17, 15) is 4.79 Å². The summed E-state index contributed by atoms with van der Waals surface area (Å²) in [6.07, 6.45) is 0.984. The first-order valence-electron chi connectivity index (χ1n) is 5.61. The van der Waals surface area contributed by atoms with Crippen LogP contribution in [0.15, 0.2) is 0 Å². The summed E-state index contributed by atoms with van der Waals surface area (Å²) in [5.74, 6) is 1.41. The molecule has 0 aromatic carbocycles. The summed E-state index contributed by atoms with van der Waals surface area (Å²) in [4.78, 5) is 11.6. The van der Waals surface area contributed by atoms with Crippen LogP contribution in [0.4, 0.5) is 0 Å². The SMILES string of the molecule is CC(C)(C)SCCNC(=O)[C@@H]1CCNC1. The Bertz CT molecular complexity index is 207. The molecule has 0 spiro atoms. The molecule has 0 aromatic rings. The molecule has 1 aliphatic rings. The molecular formula is C11H22N2OS. The number of hydrogen-bond acceptors (Lipinski definition) is 3. The number of carbonyl (C=O) groups excluding carboxylic acids is 1. The van der Waals surface area contributed by atoms with Gasteiger partial charge in [-0.2, -0.15) is 11.8 Å². The molecule has 2 N–H and O–H groups in total. The highest BCUT2D eigenvalue weighted by atomic mass is 32.2. The summed E-state index contributed by atoms with van der Waals surface area (Å²) in [6, 6.07) is 0. The quantitative estimate of drug-likeness (QED) is 0.714. The monoisotopic (exact) mass is 230 g/mol. The third-order valence-electron chi connectivity index (χ3n) is 2.37. The van der Waals surface area contributed by atoms with Gasteiger partial charge in [-0.05, 0) is 13.0 Å². The molecule has 1 aliphatic heterocycles. The Morgan fingerprint density at radius 2 is 2.27 bits per heavy atom. The van der Waals surface area contributed by atoms with E-state index in [1.165, 1.54) is 0 Å². The summed E-state index contributed by atoms with van der Waals surface area (Å²) < 4.78 is 0.291. The first kappa shape index (κ1) is 12.8. The van der Waals surface area contributed by atoms with Crippen LogP contribution in [0.3, 0.4) is 0 Å². The maximum Gasteiger partial charge on any atom is 0.224 e. The Balaban J connectivity index is 2.07. The average molecular weight is 230 g/mol. The zero-order valence-electron chi connectivity index (χ0n) is 9.93. The summed E-state index contributed by atoms with van der Waals surface area (Å²) >= 11 is 1.89. The Morgan fingerprint density at radius 3 is 2.80 bits per heavy atom. The minimum Gasteiger partial charge on any atom is -0.355 e. The molecule has 1 amide bonds. The van der Waals surface area contributed by atoms with E-state index >= 15 is 0 Å². The Morgan fingerprint density at radius 1 is 1.53 bits per heavy atom. The number of nitrogens with one attached hydrogen (secondary N) is 2. The van der Waals surface area contributed by atoms with Gasteiger partial charge in [-0.15, -0.1) is 0 Å². The highest BCUT2D eigenvalue weighted by molar-refractivity contribution is 8.00. The van der Waals surface area contributed by atoms with Crippen LogP contribution in [0.2, 0.25) is 0 Å². The summed E-state index contributed by atoms with van der Waals surface area (Å²) in [5, 5.41) is 6.20. The Kier molecular flexibility index (Phi) is 4.93. The van der Waals surface area contributed by atoms with E-state index in [1.807, 2.05) is 11.8 Å². The summed E-state index contributed by atoms with van der Waals surface area (Å²) in [6.45, 7) is 9.20. The predicted octanol–water partition coefficient (Wildman–Crippen LogP) is 1.24. The van der Waals surface area contributed by atoms with Crippen LogP contribution < -0.4 is 10.6 Å². The van der Waals surface area contributed by atoms with Gasteiger partial charge in [0.2, 0.25) is 5.91 Å². The lowest BCUT2D eigenvalue weighted by Crippen LogP contribution is -2.33. The zero-order chi connectivity index (χ0) is 11.3. The molecule has 0 radical (unpaired) electrons. The zero-order valence-corrected chi connectivity index (χ0v) is 10.7. The number of carbonyl (C=O) groups is 1. The van der Waals surface area contributed by atoms with Crippen molar-refractivity contribution in [1.29, 1.82) is 0 Å².